The van der Waals surface area contributed by atoms with Gasteiger partial charge in [-0.15, -0.1) is 0 Å². The first kappa shape index (κ1) is 12.8. The van der Waals surface area contributed by atoms with Crippen molar-refractivity contribution in [1.29, 1.82) is 0 Å². The first-order chi connectivity index (χ1) is 8.52. The highest BCUT2D eigenvalue weighted by Gasteiger charge is 2.13. The van der Waals surface area contributed by atoms with Gasteiger partial charge in [-0.3, -0.25) is 9.48 Å². The van der Waals surface area contributed by atoms with E-state index < -0.39 is 5.82 Å². The normalized spacial score (nSPS) is 10.9. The molecule has 1 aromatic heterocycles. The van der Waals surface area contributed by atoms with E-state index in [1.165, 1.54) is 12.1 Å². The monoisotopic (exact) mass is 266 g/mol. The number of hydrogen-bond donors (Lipinski definition) is 0. The number of carbonyl (C=O) groups is 1. The van der Waals surface area contributed by atoms with Crippen molar-refractivity contribution in [2.75, 3.05) is 0 Å². The van der Waals surface area contributed by atoms with Crippen LogP contribution < -0.4 is 0 Å². The summed E-state index contributed by atoms with van der Waals surface area (Å²) in [4.78, 5) is 11.0. The summed E-state index contributed by atoms with van der Waals surface area (Å²) in [6, 6.07) is 4.51. The van der Waals surface area contributed by atoms with Gasteiger partial charge in [-0.2, -0.15) is 5.10 Å². The molecule has 18 heavy (non-hydrogen) atoms. The summed E-state index contributed by atoms with van der Waals surface area (Å²) in [5.74, 6) is -0.523. The largest absolute Gasteiger partial charge is 0.298 e. The molecule has 0 bridgehead atoms. The molecule has 1 aromatic carbocycles. The third-order valence-electron chi connectivity index (χ3n) is 2.61. The fourth-order valence-electron chi connectivity index (χ4n) is 1.62. The molecule has 0 saturated heterocycles. The molecule has 0 amide bonds. The minimum atomic E-state index is -0.523. The van der Waals surface area contributed by atoms with E-state index in [1.54, 1.807) is 16.9 Å². The van der Waals surface area contributed by atoms with Gasteiger partial charge in [0.25, 0.3) is 0 Å². The second-order valence-corrected chi connectivity index (χ2v) is 4.66. The number of halogens is 2. The number of carbonyl (C=O) groups excluding carboxylic acids is 1. The lowest BCUT2D eigenvalue weighted by Crippen LogP contribution is -2.00. The molecule has 0 spiro atoms. The van der Waals surface area contributed by atoms with Crippen molar-refractivity contribution in [2.45, 2.75) is 19.9 Å². The molecule has 1 heterocycles. The number of nitrogens with zero attached hydrogens (tertiary/aromatic N) is 2. The molecule has 0 unspecified atom stereocenters. The minimum Gasteiger partial charge on any atom is -0.298 e. The topological polar surface area (TPSA) is 34.9 Å². The van der Waals surface area contributed by atoms with Crippen molar-refractivity contribution in [3.05, 3.63) is 40.8 Å². The highest BCUT2D eigenvalue weighted by Crippen LogP contribution is 2.26. The van der Waals surface area contributed by atoms with Crippen LogP contribution in [0.1, 0.15) is 30.2 Å². The molecule has 0 atom stereocenters. The molecule has 2 aromatic rings. The van der Waals surface area contributed by atoms with Gasteiger partial charge >= 0.3 is 0 Å². The van der Waals surface area contributed by atoms with Gasteiger partial charge in [-0.25, -0.2) is 4.39 Å². The van der Waals surface area contributed by atoms with Crippen LogP contribution in [0.25, 0.3) is 11.3 Å². The van der Waals surface area contributed by atoms with Crippen LogP contribution in [0.3, 0.4) is 0 Å². The summed E-state index contributed by atoms with van der Waals surface area (Å²) >= 11 is 5.63. The predicted octanol–water partition coefficient (Wildman–Crippen LogP) is 3.74. The van der Waals surface area contributed by atoms with E-state index >= 15 is 0 Å². The van der Waals surface area contributed by atoms with Crippen LogP contribution in [0.4, 0.5) is 4.39 Å². The Balaban J connectivity index is 2.55. The first-order valence-corrected chi connectivity index (χ1v) is 5.90. The maximum Gasteiger partial charge on any atom is 0.153 e. The minimum absolute atomic E-state index is 0.0506. The Bertz CT molecular complexity index is 593. The summed E-state index contributed by atoms with van der Waals surface area (Å²) < 4.78 is 15.1. The van der Waals surface area contributed by atoms with Crippen LogP contribution in [0.5, 0.6) is 0 Å². The fourth-order valence-corrected chi connectivity index (χ4v) is 1.74. The molecule has 0 N–H and O–H groups in total. The van der Waals surface area contributed by atoms with Crippen LogP contribution in [-0.2, 0) is 0 Å². The molecule has 0 aliphatic heterocycles. The van der Waals surface area contributed by atoms with Crippen molar-refractivity contribution in [1.82, 2.24) is 9.78 Å². The van der Waals surface area contributed by atoms with Gasteiger partial charge < -0.3 is 0 Å². The van der Waals surface area contributed by atoms with Crippen LogP contribution in [-0.4, -0.2) is 16.1 Å². The Morgan fingerprint density at radius 2 is 2.17 bits per heavy atom. The van der Waals surface area contributed by atoms with Gasteiger partial charge in [0.05, 0.1) is 10.6 Å². The molecule has 0 fully saturated rings. The zero-order chi connectivity index (χ0) is 13.3. The predicted molar refractivity (Wildman–Crippen MR) is 68.4 cm³/mol. The van der Waals surface area contributed by atoms with Crippen molar-refractivity contribution >= 4 is 17.9 Å². The van der Waals surface area contributed by atoms with E-state index in [0.29, 0.717) is 23.1 Å². The highest BCUT2D eigenvalue weighted by molar-refractivity contribution is 6.30. The molecule has 0 saturated carbocycles. The number of aromatic nitrogens is 2. The third-order valence-corrected chi connectivity index (χ3v) is 2.92. The summed E-state index contributed by atoms with van der Waals surface area (Å²) in [5.41, 5.74) is 1.44. The Morgan fingerprint density at radius 3 is 2.72 bits per heavy atom. The lowest BCUT2D eigenvalue weighted by atomic mass is 10.1. The number of benzene rings is 1. The van der Waals surface area contributed by atoms with Crippen molar-refractivity contribution in [3.8, 4) is 11.3 Å². The summed E-state index contributed by atoms with van der Waals surface area (Å²) in [6.45, 7) is 3.90. The quantitative estimate of drug-likeness (QED) is 0.794. The summed E-state index contributed by atoms with van der Waals surface area (Å²) in [7, 11) is 0. The molecule has 3 nitrogen and oxygen atoms in total. The zero-order valence-corrected chi connectivity index (χ0v) is 10.8. The van der Waals surface area contributed by atoms with Crippen LogP contribution in [0.2, 0.25) is 5.02 Å². The molecule has 94 valence electrons. The highest BCUT2D eigenvalue weighted by atomic mass is 35.5. The molecule has 0 radical (unpaired) electrons. The summed E-state index contributed by atoms with van der Waals surface area (Å²) in [5, 5.41) is 4.35. The van der Waals surface area contributed by atoms with E-state index in [-0.39, 0.29) is 11.1 Å². The summed E-state index contributed by atoms with van der Waals surface area (Å²) in [6.07, 6.45) is 2.37. The average molecular weight is 267 g/mol. The fraction of sp³-hybridized carbons (Fsp3) is 0.231. The standard InChI is InChI=1S/C13H12ClFN2O/c1-8(2)17-6-10(7-18)13(16-17)9-3-4-11(14)12(15)5-9/h3-8H,1-2H3. The Kier molecular flexibility index (Phi) is 3.48. The second-order valence-electron chi connectivity index (χ2n) is 4.25. The van der Waals surface area contributed by atoms with E-state index in [2.05, 4.69) is 5.10 Å². The molecule has 0 aliphatic rings. The van der Waals surface area contributed by atoms with Crippen LogP contribution in [0, 0.1) is 5.82 Å². The lowest BCUT2D eigenvalue weighted by molar-refractivity contribution is 0.112. The van der Waals surface area contributed by atoms with Crippen LogP contribution in [0.15, 0.2) is 24.4 Å². The Morgan fingerprint density at radius 1 is 1.44 bits per heavy atom. The molecule has 2 rings (SSSR count). The van der Waals surface area contributed by atoms with Gasteiger partial charge in [0.1, 0.15) is 11.5 Å². The Hall–Kier alpha value is -1.68. The van der Waals surface area contributed by atoms with E-state index in [9.17, 15) is 9.18 Å². The maximum atomic E-state index is 13.4. The third kappa shape index (κ3) is 2.29. The van der Waals surface area contributed by atoms with Gasteiger partial charge in [-0.05, 0) is 26.0 Å². The number of hydrogen-bond acceptors (Lipinski definition) is 2. The van der Waals surface area contributed by atoms with E-state index in [1.807, 2.05) is 13.8 Å². The van der Waals surface area contributed by atoms with E-state index in [0.717, 1.165) is 0 Å². The van der Waals surface area contributed by atoms with Gasteiger partial charge in [0, 0.05) is 17.8 Å². The molecular formula is C13H12ClFN2O. The molecule has 0 aliphatic carbocycles. The second kappa shape index (κ2) is 4.90. The Labute approximate surface area is 109 Å². The van der Waals surface area contributed by atoms with E-state index in [4.69, 9.17) is 11.6 Å². The smallest absolute Gasteiger partial charge is 0.153 e. The number of aldehydes is 1. The average Bonchev–Trinajstić information content (AvgIpc) is 2.77. The van der Waals surface area contributed by atoms with Crippen molar-refractivity contribution < 1.29 is 9.18 Å². The van der Waals surface area contributed by atoms with Crippen LogP contribution >= 0.6 is 11.6 Å². The van der Waals surface area contributed by atoms with Crippen molar-refractivity contribution in [3.63, 3.8) is 0 Å². The molecule has 5 heteroatoms. The van der Waals surface area contributed by atoms with Gasteiger partial charge in [0.15, 0.2) is 6.29 Å². The zero-order valence-electron chi connectivity index (χ0n) is 10.0. The maximum absolute atomic E-state index is 13.4. The first-order valence-electron chi connectivity index (χ1n) is 5.52. The lowest BCUT2D eigenvalue weighted by Gasteiger charge is -2.04. The molecular weight excluding hydrogens is 255 g/mol. The number of rotatable bonds is 3. The van der Waals surface area contributed by atoms with Gasteiger partial charge in [0.2, 0.25) is 0 Å². The van der Waals surface area contributed by atoms with Crippen molar-refractivity contribution in [2.24, 2.45) is 0 Å². The SMILES string of the molecule is CC(C)n1cc(C=O)c(-c2ccc(Cl)c(F)c2)n1. The van der Waals surface area contributed by atoms with Gasteiger partial charge in [-0.1, -0.05) is 17.7 Å².